The number of hydrogen-bond acceptors (Lipinski definition) is 8. The van der Waals surface area contributed by atoms with E-state index in [9.17, 15) is 0 Å². The van der Waals surface area contributed by atoms with Gasteiger partial charge in [0.15, 0.2) is 0 Å². The standard InChI is InChI=1S/C68H56N8/c1-3-23-49(24-4-1)63-65(59-39-61(69-41-51-31-15-27-45-19-7-11-35-55(45)51)75-67(73-59)71-43-53-33-17-29-47-21-9-13-37-57(47)53)64(50-25-5-2-6-26-50)66(63)60-40-62(70-42-52-32-16-28-46-20-8-12-36-56(46)52)76-68(74-60)72-44-54-34-18-30-48-22-10-14-38-58(48)54/h1-40,63-66H,41-44H2,(H2,69,71,73,75)(H2,70,72,74,76). The summed E-state index contributed by atoms with van der Waals surface area (Å²) in [5.74, 6) is 2.57. The molecule has 0 bridgehead atoms. The molecular formula is C68H56N8. The molecule has 0 unspecified atom stereocenters. The third-order valence-corrected chi connectivity index (χ3v) is 15.4. The fraction of sp³-hybridized carbons (Fsp3) is 0.118. The molecule has 0 saturated heterocycles. The van der Waals surface area contributed by atoms with Crippen molar-refractivity contribution in [3.63, 3.8) is 0 Å². The van der Waals surface area contributed by atoms with Gasteiger partial charge in [0.25, 0.3) is 0 Å². The molecule has 12 aromatic rings. The lowest BCUT2D eigenvalue weighted by Crippen LogP contribution is -2.41. The average Bonchev–Trinajstić information content (AvgIpc) is 3.50. The van der Waals surface area contributed by atoms with Crippen molar-refractivity contribution >= 4 is 66.6 Å². The lowest BCUT2D eigenvalue weighted by atomic mass is 9.50. The molecule has 10 aromatic carbocycles. The minimum absolute atomic E-state index is 0.00938. The topological polar surface area (TPSA) is 99.7 Å². The number of rotatable bonds is 16. The summed E-state index contributed by atoms with van der Waals surface area (Å²) in [5.41, 5.74) is 9.17. The quantitative estimate of drug-likeness (QED) is 0.0760. The van der Waals surface area contributed by atoms with E-state index in [0.717, 1.165) is 23.0 Å². The summed E-state index contributed by atoms with van der Waals surface area (Å²) >= 11 is 0. The van der Waals surface area contributed by atoms with Crippen LogP contribution in [0.4, 0.5) is 23.5 Å². The fourth-order valence-electron chi connectivity index (χ4n) is 11.8. The van der Waals surface area contributed by atoms with Gasteiger partial charge in [-0.1, -0.05) is 231 Å². The van der Waals surface area contributed by atoms with Crippen LogP contribution in [-0.2, 0) is 26.2 Å². The third kappa shape index (κ3) is 9.41. The molecule has 368 valence electrons. The maximum Gasteiger partial charge on any atom is 0.225 e. The van der Waals surface area contributed by atoms with E-state index in [2.05, 4.69) is 264 Å². The van der Waals surface area contributed by atoms with Crippen molar-refractivity contribution in [2.75, 3.05) is 21.3 Å². The molecule has 4 N–H and O–H groups in total. The van der Waals surface area contributed by atoms with Crippen molar-refractivity contribution in [3.8, 4) is 0 Å². The van der Waals surface area contributed by atoms with Gasteiger partial charge in [-0.15, -0.1) is 0 Å². The third-order valence-electron chi connectivity index (χ3n) is 15.4. The zero-order valence-corrected chi connectivity index (χ0v) is 42.0. The second-order valence-electron chi connectivity index (χ2n) is 19.9. The monoisotopic (exact) mass is 984 g/mol. The van der Waals surface area contributed by atoms with Gasteiger partial charge in [0, 0.05) is 62.0 Å². The molecule has 0 aliphatic heterocycles. The first kappa shape index (κ1) is 46.4. The van der Waals surface area contributed by atoms with E-state index >= 15 is 0 Å². The molecule has 8 nitrogen and oxygen atoms in total. The number of nitrogens with zero attached hydrogens (tertiary/aromatic N) is 4. The van der Waals surface area contributed by atoms with Crippen LogP contribution < -0.4 is 21.3 Å². The van der Waals surface area contributed by atoms with Gasteiger partial charge in [-0.2, -0.15) is 9.97 Å². The summed E-state index contributed by atoms with van der Waals surface area (Å²) in [6.07, 6.45) is 0. The first-order valence-electron chi connectivity index (χ1n) is 26.4. The summed E-state index contributed by atoms with van der Waals surface area (Å²) in [7, 11) is 0. The number of anilines is 4. The van der Waals surface area contributed by atoms with Crippen LogP contribution in [0.15, 0.2) is 243 Å². The lowest BCUT2D eigenvalue weighted by molar-refractivity contribution is 0.220. The second kappa shape index (κ2) is 20.8. The van der Waals surface area contributed by atoms with E-state index in [1.807, 2.05) is 0 Å². The molecule has 1 aliphatic rings. The highest BCUT2D eigenvalue weighted by Crippen LogP contribution is 2.66. The van der Waals surface area contributed by atoms with E-state index in [1.165, 1.54) is 76.5 Å². The first-order valence-corrected chi connectivity index (χ1v) is 26.4. The maximum atomic E-state index is 5.53. The van der Waals surface area contributed by atoms with Crippen LogP contribution in [0.2, 0.25) is 0 Å². The SMILES string of the molecule is c1ccc(C2C(c3cc(NCc4cccc5ccccc45)nc(NCc4cccc5ccccc45)n3)C(c3ccccc3)C2c2cc(NCc3cccc4ccccc34)nc(NCc3cccc4ccccc34)n2)cc1. The van der Waals surface area contributed by atoms with Gasteiger partial charge in [0.2, 0.25) is 11.9 Å². The Kier molecular flexibility index (Phi) is 12.7. The van der Waals surface area contributed by atoms with E-state index in [4.69, 9.17) is 19.9 Å². The molecule has 1 aliphatic carbocycles. The largest absolute Gasteiger partial charge is 0.366 e. The Morgan fingerprint density at radius 1 is 0.263 bits per heavy atom. The zero-order chi connectivity index (χ0) is 50.6. The van der Waals surface area contributed by atoms with Gasteiger partial charge in [-0.3, -0.25) is 0 Å². The van der Waals surface area contributed by atoms with E-state index in [0.29, 0.717) is 38.1 Å². The van der Waals surface area contributed by atoms with Gasteiger partial charge < -0.3 is 21.3 Å². The van der Waals surface area contributed by atoms with E-state index < -0.39 is 0 Å². The van der Waals surface area contributed by atoms with Crippen LogP contribution in [-0.4, -0.2) is 19.9 Å². The fourth-order valence-corrected chi connectivity index (χ4v) is 11.8. The highest BCUT2D eigenvalue weighted by atomic mass is 15.2. The molecule has 8 heteroatoms. The Hall–Kier alpha value is -9.40. The molecule has 1 fully saturated rings. The molecule has 2 aromatic heterocycles. The number of benzene rings is 10. The maximum absolute atomic E-state index is 5.53. The predicted octanol–water partition coefficient (Wildman–Crippen LogP) is 15.8. The van der Waals surface area contributed by atoms with Crippen molar-refractivity contribution in [2.45, 2.75) is 49.9 Å². The summed E-state index contributed by atoms with van der Waals surface area (Å²) in [4.78, 5) is 21.5. The van der Waals surface area contributed by atoms with Gasteiger partial charge in [0.05, 0.1) is 11.4 Å². The Morgan fingerprint density at radius 3 is 0.895 bits per heavy atom. The second-order valence-corrected chi connectivity index (χ2v) is 19.9. The molecular weight excluding hydrogens is 929 g/mol. The van der Waals surface area contributed by atoms with Crippen LogP contribution in [0.25, 0.3) is 43.1 Å². The summed E-state index contributed by atoms with van der Waals surface area (Å²) < 4.78 is 0. The molecule has 1 saturated carbocycles. The lowest BCUT2D eigenvalue weighted by Gasteiger charge is -2.52. The van der Waals surface area contributed by atoms with Gasteiger partial charge >= 0.3 is 0 Å². The first-order chi connectivity index (χ1) is 37.7. The number of hydrogen-bond donors (Lipinski definition) is 4. The van der Waals surface area contributed by atoms with Crippen LogP contribution in [0, 0.1) is 0 Å². The van der Waals surface area contributed by atoms with Crippen LogP contribution in [0.3, 0.4) is 0 Å². The minimum atomic E-state index is -0.0526. The number of nitrogens with one attached hydrogen (secondary N) is 4. The zero-order valence-electron chi connectivity index (χ0n) is 42.0. The van der Waals surface area contributed by atoms with Crippen LogP contribution in [0.5, 0.6) is 0 Å². The molecule has 0 radical (unpaired) electrons. The Morgan fingerprint density at radius 2 is 0.553 bits per heavy atom. The molecule has 0 spiro atoms. The Labute approximate surface area is 443 Å². The number of aromatic nitrogens is 4. The minimum Gasteiger partial charge on any atom is -0.366 e. The normalized spacial score (nSPS) is 16.1. The summed E-state index contributed by atoms with van der Waals surface area (Å²) in [6.45, 7) is 2.33. The van der Waals surface area contributed by atoms with E-state index in [1.54, 1.807) is 0 Å². The van der Waals surface area contributed by atoms with Gasteiger partial charge in [-0.05, 0) is 76.5 Å². The van der Waals surface area contributed by atoms with Crippen molar-refractivity contribution < 1.29 is 0 Å². The average molecular weight is 985 g/mol. The highest BCUT2D eigenvalue weighted by Gasteiger charge is 2.54. The van der Waals surface area contributed by atoms with Crippen molar-refractivity contribution in [2.24, 2.45) is 0 Å². The predicted molar refractivity (Wildman–Crippen MR) is 313 cm³/mol. The molecule has 0 amide bonds. The van der Waals surface area contributed by atoms with Crippen molar-refractivity contribution in [3.05, 3.63) is 287 Å². The molecule has 76 heavy (non-hydrogen) atoms. The summed E-state index contributed by atoms with van der Waals surface area (Å²) in [5, 5.41) is 24.7. The van der Waals surface area contributed by atoms with Gasteiger partial charge in [-0.25, -0.2) is 9.97 Å². The molecule has 0 atom stereocenters. The highest BCUT2D eigenvalue weighted by molar-refractivity contribution is 5.88. The van der Waals surface area contributed by atoms with Crippen molar-refractivity contribution in [1.82, 2.24) is 19.9 Å². The smallest absolute Gasteiger partial charge is 0.225 e. The molecule has 2 heterocycles. The van der Waals surface area contributed by atoms with Crippen molar-refractivity contribution in [1.29, 1.82) is 0 Å². The number of fused-ring (bicyclic) bond motifs is 4. The summed E-state index contributed by atoms with van der Waals surface area (Å²) in [6, 6.07) is 86.5. The Bertz CT molecular complexity index is 3520. The van der Waals surface area contributed by atoms with Gasteiger partial charge in [0.1, 0.15) is 11.6 Å². The molecule has 13 rings (SSSR count). The Balaban J connectivity index is 0.921. The van der Waals surface area contributed by atoms with Crippen LogP contribution >= 0.6 is 0 Å². The van der Waals surface area contributed by atoms with Crippen LogP contribution in [0.1, 0.15) is 68.4 Å². The van der Waals surface area contributed by atoms with E-state index in [-0.39, 0.29) is 23.7 Å².